The van der Waals surface area contributed by atoms with Gasteiger partial charge in [0, 0.05) is 12.8 Å². The highest BCUT2D eigenvalue weighted by Gasteiger charge is 2.21. The van der Waals surface area contributed by atoms with E-state index in [9.17, 15) is 4.79 Å². The zero-order valence-corrected chi connectivity index (χ0v) is 10.2. The minimum atomic E-state index is -0.184. The summed E-state index contributed by atoms with van der Waals surface area (Å²) in [5.41, 5.74) is 0.620. The molecule has 96 valence electrons. The highest BCUT2D eigenvalue weighted by atomic mass is 16.7. The molecule has 3 rings (SSSR count). The minimum absolute atomic E-state index is 0.117. The van der Waals surface area contributed by atoms with Gasteiger partial charge in [-0.25, -0.2) is 0 Å². The average Bonchev–Trinajstić information content (AvgIpc) is 2.41. The molecule has 0 saturated carbocycles. The van der Waals surface area contributed by atoms with Crippen LogP contribution in [0.2, 0.25) is 0 Å². The van der Waals surface area contributed by atoms with Gasteiger partial charge in [0.2, 0.25) is 0 Å². The molecule has 4 heteroatoms. The third kappa shape index (κ3) is 2.34. The van der Waals surface area contributed by atoms with Crippen molar-refractivity contribution in [1.82, 2.24) is 0 Å². The van der Waals surface area contributed by atoms with Crippen LogP contribution in [-0.2, 0) is 4.74 Å². The molecule has 0 bridgehead atoms. The zero-order valence-electron chi connectivity index (χ0n) is 10.2. The number of ketones is 1. The average molecular weight is 248 g/mol. The molecule has 0 spiro atoms. The molecule has 1 unspecified atom stereocenters. The van der Waals surface area contributed by atoms with E-state index < -0.39 is 0 Å². The lowest BCUT2D eigenvalue weighted by Crippen LogP contribution is -2.25. The first kappa shape index (κ1) is 11.5. The Hall–Kier alpha value is -1.55. The molecule has 2 aliphatic heterocycles. The van der Waals surface area contributed by atoms with Crippen molar-refractivity contribution in [2.24, 2.45) is 0 Å². The fourth-order valence-electron chi connectivity index (χ4n) is 2.27. The van der Waals surface area contributed by atoms with Crippen molar-refractivity contribution in [3.63, 3.8) is 0 Å². The Balaban J connectivity index is 1.76. The van der Waals surface area contributed by atoms with E-state index in [-0.39, 0.29) is 12.1 Å². The fraction of sp³-hybridized carbons (Fsp3) is 0.500. The first-order valence-corrected chi connectivity index (χ1v) is 6.41. The van der Waals surface area contributed by atoms with Crippen LogP contribution in [0.1, 0.15) is 36.0 Å². The van der Waals surface area contributed by atoms with Gasteiger partial charge in [-0.3, -0.25) is 4.79 Å². The molecule has 2 aliphatic rings. The van der Waals surface area contributed by atoms with E-state index in [0.29, 0.717) is 30.1 Å². The van der Waals surface area contributed by atoms with Crippen LogP contribution >= 0.6 is 0 Å². The standard InChI is InChI=1S/C14H16O4/c15-12-6-8-16-13-5-4-10(9-11(12)13)18-14-3-1-2-7-17-14/h4-5,9,14H,1-3,6-8H2. The number of benzene rings is 1. The third-order valence-corrected chi connectivity index (χ3v) is 3.24. The molecule has 2 heterocycles. The smallest absolute Gasteiger partial charge is 0.199 e. The van der Waals surface area contributed by atoms with Crippen molar-refractivity contribution in [1.29, 1.82) is 0 Å². The second-order valence-electron chi connectivity index (χ2n) is 4.59. The molecule has 0 radical (unpaired) electrons. The first-order chi connectivity index (χ1) is 8.83. The van der Waals surface area contributed by atoms with Crippen LogP contribution in [0, 0.1) is 0 Å². The van der Waals surface area contributed by atoms with E-state index >= 15 is 0 Å². The number of carbonyl (C=O) groups is 1. The van der Waals surface area contributed by atoms with Gasteiger partial charge in [-0.05, 0) is 31.0 Å². The molecule has 1 aromatic carbocycles. The van der Waals surface area contributed by atoms with Crippen LogP contribution in [-0.4, -0.2) is 25.3 Å². The van der Waals surface area contributed by atoms with Gasteiger partial charge in [0.25, 0.3) is 0 Å². The molecule has 1 aromatic rings. The molecule has 0 amide bonds. The summed E-state index contributed by atoms with van der Waals surface area (Å²) in [5.74, 6) is 1.45. The van der Waals surface area contributed by atoms with Gasteiger partial charge in [0.05, 0.1) is 18.8 Å². The third-order valence-electron chi connectivity index (χ3n) is 3.24. The number of rotatable bonds is 2. The van der Waals surface area contributed by atoms with E-state index in [4.69, 9.17) is 14.2 Å². The van der Waals surface area contributed by atoms with Crippen LogP contribution in [0.5, 0.6) is 11.5 Å². The topological polar surface area (TPSA) is 44.8 Å². The Kier molecular flexibility index (Phi) is 3.19. The molecule has 0 N–H and O–H groups in total. The SMILES string of the molecule is O=C1CCOc2ccc(OC3CCCCO3)cc21. The lowest BCUT2D eigenvalue weighted by atomic mass is 10.0. The van der Waals surface area contributed by atoms with Crippen LogP contribution < -0.4 is 9.47 Å². The molecular weight excluding hydrogens is 232 g/mol. The summed E-state index contributed by atoms with van der Waals surface area (Å²) in [4.78, 5) is 11.8. The van der Waals surface area contributed by atoms with Gasteiger partial charge in [0.1, 0.15) is 11.5 Å². The number of fused-ring (bicyclic) bond motifs is 1. The Morgan fingerprint density at radius 3 is 3.00 bits per heavy atom. The van der Waals surface area contributed by atoms with Crippen molar-refractivity contribution in [2.75, 3.05) is 13.2 Å². The Morgan fingerprint density at radius 2 is 2.17 bits per heavy atom. The summed E-state index contributed by atoms with van der Waals surface area (Å²) in [6.45, 7) is 1.22. The van der Waals surface area contributed by atoms with Gasteiger partial charge in [-0.2, -0.15) is 0 Å². The second-order valence-corrected chi connectivity index (χ2v) is 4.59. The molecular formula is C14H16O4. The zero-order chi connectivity index (χ0) is 12.4. The summed E-state index contributed by atoms with van der Waals surface area (Å²) >= 11 is 0. The normalized spacial score (nSPS) is 23.1. The van der Waals surface area contributed by atoms with Crippen LogP contribution in [0.25, 0.3) is 0 Å². The Bertz CT molecular complexity index is 449. The van der Waals surface area contributed by atoms with Gasteiger partial charge < -0.3 is 14.2 Å². The van der Waals surface area contributed by atoms with Crippen molar-refractivity contribution >= 4 is 5.78 Å². The summed E-state index contributed by atoms with van der Waals surface area (Å²) < 4.78 is 16.7. The van der Waals surface area contributed by atoms with Crippen molar-refractivity contribution in [3.8, 4) is 11.5 Å². The maximum atomic E-state index is 11.8. The van der Waals surface area contributed by atoms with E-state index in [1.54, 1.807) is 12.1 Å². The van der Waals surface area contributed by atoms with Crippen LogP contribution in [0.3, 0.4) is 0 Å². The molecule has 1 saturated heterocycles. The minimum Gasteiger partial charge on any atom is -0.492 e. The molecule has 1 fully saturated rings. The maximum absolute atomic E-state index is 11.8. The summed E-state index contributed by atoms with van der Waals surface area (Å²) in [5, 5.41) is 0. The van der Waals surface area contributed by atoms with Gasteiger partial charge in [0.15, 0.2) is 12.1 Å². The summed E-state index contributed by atoms with van der Waals surface area (Å²) in [6, 6.07) is 5.38. The molecule has 0 aromatic heterocycles. The van der Waals surface area contributed by atoms with Gasteiger partial charge in [-0.15, -0.1) is 0 Å². The highest BCUT2D eigenvalue weighted by Crippen LogP contribution is 2.29. The van der Waals surface area contributed by atoms with Gasteiger partial charge in [-0.1, -0.05) is 0 Å². The molecule has 0 aliphatic carbocycles. The number of Topliss-reactive ketones (excluding diaryl/α,β-unsaturated/α-hetero) is 1. The monoisotopic (exact) mass is 248 g/mol. The van der Waals surface area contributed by atoms with Crippen molar-refractivity contribution in [2.45, 2.75) is 32.0 Å². The molecule has 4 nitrogen and oxygen atoms in total. The van der Waals surface area contributed by atoms with Crippen LogP contribution in [0.4, 0.5) is 0 Å². The maximum Gasteiger partial charge on any atom is 0.199 e. The molecule has 1 atom stereocenters. The number of hydrogen-bond acceptors (Lipinski definition) is 4. The predicted molar refractivity (Wildman–Crippen MR) is 65.1 cm³/mol. The van der Waals surface area contributed by atoms with E-state index in [1.807, 2.05) is 6.07 Å². The van der Waals surface area contributed by atoms with Crippen LogP contribution in [0.15, 0.2) is 18.2 Å². The summed E-state index contributed by atoms with van der Waals surface area (Å²) in [7, 11) is 0. The largest absolute Gasteiger partial charge is 0.492 e. The van der Waals surface area contributed by atoms with E-state index in [0.717, 1.165) is 25.9 Å². The fourth-order valence-corrected chi connectivity index (χ4v) is 2.27. The summed E-state index contributed by atoms with van der Waals surface area (Å²) in [6.07, 6.45) is 3.38. The lowest BCUT2D eigenvalue weighted by Gasteiger charge is -2.24. The highest BCUT2D eigenvalue weighted by molar-refractivity contribution is 5.99. The van der Waals surface area contributed by atoms with E-state index in [2.05, 4.69) is 0 Å². The number of hydrogen-bond donors (Lipinski definition) is 0. The Labute approximate surface area is 106 Å². The van der Waals surface area contributed by atoms with Crippen molar-refractivity contribution < 1.29 is 19.0 Å². The quantitative estimate of drug-likeness (QED) is 0.806. The number of ether oxygens (including phenoxy) is 3. The second kappa shape index (κ2) is 4.98. The number of carbonyl (C=O) groups excluding carboxylic acids is 1. The predicted octanol–water partition coefficient (Wildman–Crippen LogP) is 2.56. The van der Waals surface area contributed by atoms with E-state index in [1.165, 1.54) is 0 Å². The Morgan fingerprint density at radius 1 is 1.22 bits per heavy atom. The van der Waals surface area contributed by atoms with Crippen molar-refractivity contribution in [3.05, 3.63) is 23.8 Å². The van der Waals surface area contributed by atoms with Gasteiger partial charge >= 0.3 is 0 Å². The first-order valence-electron chi connectivity index (χ1n) is 6.41. The molecule has 18 heavy (non-hydrogen) atoms. The lowest BCUT2D eigenvalue weighted by molar-refractivity contribution is -0.105.